The van der Waals surface area contributed by atoms with Gasteiger partial charge in [-0.2, -0.15) is 5.26 Å². The largest absolute Gasteiger partial charge is 0.391 e. The number of rotatable bonds is 4. The maximum Gasteiger partial charge on any atom is 0.0992 e. The molecule has 0 aromatic heterocycles. The highest BCUT2D eigenvalue weighted by molar-refractivity contribution is 5.45. The minimum Gasteiger partial charge on any atom is -0.391 e. The molecule has 0 saturated carbocycles. The van der Waals surface area contributed by atoms with Gasteiger partial charge in [0.25, 0.3) is 0 Å². The Morgan fingerprint density at radius 3 is 2.36 bits per heavy atom. The number of nitrogens with one attached hydrogen (secondary N) is 1. The standard InChI is InChI=1S/C15H9N.C7H14N2/c16-12-15-8-4-7-14(11-15)10-9-13-5-2-1-3-6-13;1-3-9-5-4-7(2)6-8/h1-8,11H;4-5,9H,2-3,6,8H2,1H3/b;5-4-. The van der Waals surface area contributed by atoms with Crippen LogP contribution in [0.15, 0.2) is 79.0 Å². The van der Waals surface area contributed by atoms with Gasteiger partial charge >= 0.3 is 0 Å². The Labute approximate surface area is 150 Å². The van der Waals surface area contributed by atoms with E-state index in [9.17, 15) is 0 Å². The molecular formula is C22H23N3. The first-order valence-corrected chi connectivity index (χ1v) is 8.04. The molecule has 3 heteroatoms. The van der Waals surface area contributed by atoms with E-state index in [-0.39, 0.29) is 0 Å². The van der Waals surface area contributed by atoms with Crippen LogP contribution < -0.4 is 11.1 Å². The lowest BCUT2D eigenvalue weighted by atomic mass is 10.1. The van der Waals surface area contributed by atoms with Crippen molar-refractivity contribution in [2.24, 2.45) is 5.73 Å². The predicted molar refractivity (Wildman–Crippen MR) is 105 cm³/mol. The van der Waals surface area contributed by atoms with Crippen molar-refractivity contribution in [3.63, 3.8) is 0 Å². The zero-order valence-corrected chi connectivity index (χ0v) is 14.5. The van der Waals surface area contributed by atoms with Crippen LogP contribution >= 0.6 is 0 Å². The Morgan fingerprint density at radius 1 is 1.08 bits per heavy atom. The van der Waals surface area contributed by atoms with Gasteiger partial charge in [0.2, 0.25) is 0 Å². The van der Waals surface area contributed by atoms with Gasteiger partial charge in [-0.15, -0.1) is 0 Å². The summed E-state index contributed by atoms with van der Waals surface area (Å²) in [5.41, 5.74) is 8.70. The smallest absolute Gasteiger partial charge is 0.0992 e. The summed E-state index contributed by atoms with van der Waals surface area (Å²) >= 11 is 0. The quantitative estimate of drug-likeness (QED) is 0.666. The van der Waals surface area contributed by atoms with Crippen molar-refractivity contribution in [1.29, 1.82) is 5.26 Å². The maximum absolute atomic E-state index is 8.75. The molecule has 0 heterocycles. The monoisotopic (exact) mass is 329 g/mol. The van der Waals surface area contributed by atoms with Crippen molar-refractivity contribution in [3.05, 3.63) is 95.7 Å². The minimum atomic E-state index is 0.530. The lowest BCUT2D eigenvalue weighted by Crippen LogP contribution is -2.04. The van der Waals surface area contributed by atoms with Gasteiger partial charge in [-0.3, -0.25) is 0 Å². The van der Waals surface area contributed by atoms with Gasteiger partial charge in [0.05, 0.1) is 11.6 Å². The normalized spacial score (nSPS) is 9.16. The molecule has 0 fully saturated rings. The van der Waals surface area contributed by atoms with Crippen LogP contribution in [-0.4, -0.2) is 13.1 Å². The number of nitriles is 1. The summed E-state index contributed by atoms with van der Waals surface area (Å²) in [5, 5.41) is 11.8. The van der Waals surface area contributed by atoms with Gasteiger partial charge in [0.15, 0.2) is 0 Å². The molecule has 3 nitrogen and oxygen atoms in total. The van der Waals surface area contributed by atoms with E-state index in [1.54, 1.807) is 12.1 Å². The second-order valence-electron chi connectivity index (χ2n) is 5.06. The lowest BCUT2D eigenvalue weighted by Gasteiger charge is -1.92. The second kappa shape index (κ2) is 12.2. The van der Waals surface area contributed by atoms with Crippen LogP contribution in [-0.2, 0) is 0 Å². The molecule has 2 rings (SSSR count). The summed E-state index contributed by atoms with van der Waals surface area (Å²) in [6, 6.07) is 19.2. The van der Waals surface area contributed by atoms with Crippen LogP contribution in [0.25, 0.3) is 0 Å². The molecule has 0 saturated heterocycles. The Morgan fingerprint density at radius 2 is 1.72 bits per heavy atom. The van der Waals surface area contributed by atoms with E-state index in [0.29, 0.717) is 12.1 Å². The molecule has 0 radical (unpaired) electrons. The zero-order valence-electron chi connectivity index (χ0n) is 14.5. The van der Waals surface area contributed by atoms with E-state index in [4.69, 9.17) is 11.0 Å². The fraction of sp³-hybridized carbons (Fsp3) is 0.136. The Balaban J connectivity index is 0.000000299. The van der Waals surface area contributed by atoms with Crippen LogP contribution in [0.5, 0.6) is 0 Å². The fourth-order valence-electron chi connectivity index (χ4n) is 1.69. The van der Waals surface area contributed by atoms with E-state index in [0.717, 1.165) is 23.2 Å². The molecule has 0 unspecified atom stereocenters. The highest BCUT2D eigenvalue weighted by atomic mass is 14.8. The summed E-state index contributed by atoms with van der Waals surface area (Å²) in [5.74, 6) is 6.09. The average molecular weight is 329 g/mol. The van der Waals surface area contributed by atoms with Gasteiger partial charge in [0.1, 0.15) is 0 Å². The molecule has 0 atom stereocenters. The van der Waals surface area contributed by atoms with Crippen LogP contribution in [0.1, 0.15) is 23.6 Å². The highest BCUT2D eigenvalue weighted by Gasteiger charge is 1.90. The van der Waals surface area contributed by atoms with Crippen LogP contribution in [0.2, 0.25) is 0 Å². The number of nitrogens with zero attached hydrogens (tertiary/aromatic N) is 1. The topological polar surface area (TPSA) is 61.8 Å². The van der Waals surface area contributed by atoms with Crippen molar-refractivity contribution in [2.45, 2.75) is 6.92 Å². The first kappa shape index (κ1) is 19.8. The fourth-order valence-corrected chi connectivity index (χ4v) is 1.69. The van der Waals surface area contributed by atoms with Gasteiger partial charge in [-0.25, -0.2) is 0 Å². The molecule has 0 aliphatic carbocycles. The van der Waals surface area contributed by atoms with Crippen molar-refractivity contribution < 1.29 is 0 Å². The van der Waals surface area contributed by atoms with Gasteiger partial charge in [-0.05, 0) is 55.1 Å². The summed E-state index contributed by atoms with van der Waals surface area (Å²) in [6.07, 6.45) is 3.73. The van der Waals surface area contributed by atoms with Gasteiger partial charge < -0.3 is 11.1 Å². The lowest BCUT2D eigenvalue weighted by molar-refractivity contribution is 0.917. The summed E-state index contributed by atoms with van der Waals surface area (Å²) in [7, 11) is 0. The van der Waals surface area contributed by atoms with Crippen LogP contribution in [0, 0.1) is 23.2 Å². The predicted octanol–water partition coefficient (Wildman–Crippen LogP) is 3.58. The molecule has 0 aliphatic heterocycles. The number of hydrogen-bond acceptors (Lipinski definition) is 3. The first-order chi connectivity index (χ1) is 12.2. The van der Waals surface area contributed by atoms with Crippen molar-refractivity contribution in [1.82, 2.24) is 5.32 Å². The summed E-state index contributed by atoms with van der Waals surface area (Å²) in [4.78, 5) is 0. The Kier molecular flexibility index (Phi) is 9.64. The highest BCUT2D eigenvalue weighted by Crippen LogP contribution is 2.03. The maximum atomic E-state index is 8.75. The first-order valence-electron chi connectivity index (χ1n) is 8.04. The molecule has 126 valence electrons. The third kappa shape index (κ3) is 8.81. The molecule has 3 N–H and O–H groups in total. The Hall–Kier alpha value is -3.27. The molecule has 2 aromatic carbocycles. The number of nitrogens with two attached hydrogens (primary N) is 1. The van der Waals surface area contributed by atoms with Crippen LogP contribution in [0.3, 0.4) is 0 Å². The van der Waals surface area contributed by atoms with E-state index >= 15 is 0 Å². The van der Waals surface area contributed by atoms with Crippen molar-refractivity contribution in [3.8, 4) is 17.9 Å². The number of hydrogen-bond donors (Lipinski definition) is 2. The Bertz CT molecular complexity index is 787. The average Bonchev–Trinajstić information content (AvgIpc) is 2.68. The SMILES string of the molecule is C=C(/C=C\NCC)CN.N#Cc1cccc(C#Cc2ccccc2)c1. The van der Waals surface area contributed by atoms with Gasteiger partial charge in [-0.1, -0.05) is 42.7 Å². The third-order valence-corrected chi connectivity index (χ3v) is 3.02. The van der Waals surface area contributed by atoms with Crippen LogP contribution in [0.4, 0.5) is 0 Å². The minimum absolute atomic E-state index is 0.530. The van der Waals surface area contributed by atoms with E-state index < -0.39 is 0 Å². The van der Waals surface area contributed by atoms with Crippen molar-refractivity contribution >= 4 is 0 Å². The van der Waals surface area contributed by atoms with E-state index in [1.807, 2.05) is 61.7 Å². The number of benzene rings is 2. The molecular weight excluding hydrogens is 306 g/mol. The molecule has 2 aromatic rings. The third-order valence-electron chi connectivity index (χ3n) is 3.02. The molecule has 0 spiro atoms. The second-order valence-corrected chi connectivity index (χ2v) is 5.06. The van der Waals surface area contributed by atoms with E-state index in [2.05, 4.69) is 29.8 Å². The molecule has 25 heavy (non-hydrogen) atoms. The van der Waals surface area contributed by atoms with E-state index in [1.165, 1.54) is 0 Å². The zero-order chi connectivity index (χ0) is 18.3. The molecule has 0 amide bonds. The van der Waals surface area contributed by atoms with Crippen molar-refractivity contribution in [2.75, 3.05) is 13.1 Å². The molecule has 0 aliphatic rings. The summed E-state index contributed by atoms with van der Waals surface area (Å²) in [6.45, 7) is 7.20. The van der Waals surface area contributed by atoms with Gasteiger partial charge in [0, 0.05) is 24.2 Å². The summed E-state index contributed by atoms with van der Waals surface area (Å²) < 4.78 is 0. The molecule has 0 bridgehead atoms.